The minimum absolute atomic E-state index is 0.0122. The van der Waals surface area contributed by atoms with Gasteiger partial charge in [0.1, 0.15) is 11.4 Å². The van der Waals surface area contributed by atoms with E-state index in [9.17, 15) is 9.59 Å². The molecule has 2 aliphatic rings. The van der Waals surface area contributed by atoms with Crippen molar-refractivity contribution in [3.05, 3.63) is 60.4 Å². The molecule has 0 saturated carbocycles. The lowest BCUT2D eigenvalue weighted by molar-refractivity contribution is -0.122. The first-order valence-corrected chi connectivity index (χ1v) is 16.2. The van der Waals surface area contributed by atoms with Gasteiger partial charge in [0.05, 0.1) is 12.2 Å². The fourth-order valence-corrected chi connectivity index (χ4v) is 5.80. The number of halogens is 1. The Morgan fingerprint density at radius 3 is 2.60 bits per heavy atom. The number of aromatic nitrogens is 3. The van der Waals surface area contributed by atoms with E-state index in [0.29, 0.717) is 57.1 Å². The normalized spacial score (nSPS) is 17.3. The van der Waals surface area contributed by atoms with Crippen LogP contribution in [0.25, 0.3) is 11.3 Å². The Morgan fingerprint density at radius 2 is 1.87 bits per heavy atom. The number of carbonyl (C=O) groups excluding carboxylic acids is 2. The van der Waals surface area contributed by atoms with Gasteiger partial charge in [-0.1, -0.05) is 12.1 Å². The van der Waals surface area contributed by atoms with E-state index >= 15 is 0 Å². The van der Waals surface area contributed by atoms with Gasteiger partial charge < -0.3 is 25.2 Å². The number of pyridine rings is 1. The zero-order valence-electron chi connectivity index (χ0n) is 26.3. The van der Waals surface area contributed by atoms with E-state index in [1.54, 1.807) is 11.1 Å². The van der Waals surface area contributed by atoms with Crippen molar-refractivity contribution >= 4 is 41.1 Å². The van der Waals surface area contributed by atoms with E-state index in [0.717, 1.165) is 54.1 Å². The summed E-state index contributed by atoms with van der Waals surface area (Å²) >= 11 is 5.97. The Balaban J connectivity index is 1.08. The summed E-state index contributed by atoms with van der Waals surface area (Å²) < 4.78 is 5.46. The number of anilines is 3. The van der Waals surface area contributed by atoms with Crippen molar-refractivity contribution in [1.29, 1.82) is 0 Å². The number of piperazine rings is 1. The first-order chi connectivity index (χ1) is 21.7. The van der Waals surface area contributed by atoms with E-state index in [-0.39, 0.29) is 12.0 Å². The number of rotatable bonds is 10. The van der Waals surface area contributed by atoms with E-state index < -0.39 is 5.60 Å². The predicted octanol–water partition coefficient (Wildman–Crippen LogP) is 5.05. The molecule has 0 bridgehead atoms. The Kier molecular flexibility index (Phi) is 10.7. The van der Waals surface area contributed by atoms with Crippen LogP contribution < -0.4 is 15.5 Å². The molecular weight excluding hydrogens is 592 g/mol. The Hall–Kier alpha value is -3.96. The topological polar surface area (TPSA) is 116 Å². The highest BCUT2D eigenvalue weighted by molar-refractivity contribution is 6.17. The van der Waals surface area contributed by atoms with Crippen LogP contribution in [0, 0.1) is 0 Å². The monoisotopic (exact) mass is 634 g/mol. The van der Waals surface area contributed by atoms with Crippen LogP contribution in [0.1, 0.15) is 45.6 Å². The SMILES string of the molecule is CC(C)(C)OC(=O)N1CCN(CC(=O)NCCC2CCCN2c2ccc(-c3ccnc(Nc4cccc(CCl)c4)n3)cn2)CC1. The van der Waals surface area contributed by atoms with Gasteiger partial charge in [-0.25, -0.2) is 19.7 Å². The minimum atomic E-state index is -0.512. The van der Waals surface area contributed by atoms with Gasteiger partial charge in [0, 0.05) is 74.8 Å². The summed E-state index contributed by atoms with van der Waals surface area (Å²) in [5, 5.41) is 6.35. The highest BCUT2D eigenvalue weighted by Gasteiger charge is 2.28. The number of amides is 2. The van der Waals surface area contributed by atoms with Crippen LogP contribution in [0.4, 0.5) is 22.2 Å². The van der Waals surface area contributed by atoms with Gasteiger partial charge in [0.2, 0.25) is 11.9 Å². The summed E-state index contributed by atoms with van der Waals surface area (Å²) in [4.78, 5) is 44.9. The van der Waals surface area contributed by atoms with Crippen molar-refractivity contribution in [2.24, 2.45) is 0 Å². The zero-order chi connectivity index (χ0) is 31.8. The van der Waals surface area contributed by atoms with Gasteiger partial charge in [0.25, 0.3) is 0 Å². The van der Waals surface area contributed by atoms with E-state index in [4.69, 9.17) is 21.3 Å². The van der Waals surface area contributed by atoms with Gasteiger partial charge in [-0.2, -0.15) is 0 Å². The van der Waals surface area contributed by atoms with Gasteiger partial charge in [0.15, 0.2) is 0 Å². The van der Waals surface area contributed by atoms with Gasteiger partial charge in [-0.3, -0.25) is 9.69 Å². The fraction of sp³-hybridized carbons (Fsp3) is 0.485. The Morgan fingerprint density at radius 1 is 1.04 bits per heavy atom. The molecule has 0 spiro atoms. The van der Waals surface area contributed by atoms with Crippen LogP contribution >= 0.6 is 11.6 Å². The number of ether oxygens (including phenoxy) is 1. The molecule has 2 aromatic heterocycles. The van der Waals surface area contributed by atoms with Crippen molar-refractivity contribution in [1.82, 2.24) is 30.1 Å². The van der Waals surface area contributed by atoms with Gasteiger partial charge in [-0.15, -0.1) is 11.6 Å². The Bertz CT molecular complexity index is 1440. The fourth-order valence-electron chi connectivity index (χ4n) is 5.64. The smallest absolute Gasteiger partial charge is 0.410 e. The zero-order valence-corrected chi connectivity index (χ0v) is 27.1. The van der Waals surface area contributed by atoms with Crippen LogP contribution in [0.5, 0.6) is 0 Å². The molecule has 0 aliphatic carbocycles. The third kappa shape index (κ3) is 9.27. The summed E-state index contributed by atoms with van der Waals surface area (Å²) in [5.41, 5.74) is 3.09. The Labute approximate surface area is 270 Å². The molecule has 1 unspecified atom stereocenters. The molecule has 1 aromatic carbocycles. The highest BCUT2D eigenvalue weighted by atomic mass is 35.5. The number of hydrogen-bond acceptors (Lipinski definition) is 9. The molecule has 3 aromatic rings. The number of nitrogens with one attached hydrogen (secondary N) is 2. The molecule has 12 heteroatoms. The van der Waals surface area contributed by atoms with E-state index in [2.05, 4.69) is 30.4 Å². The van der Waals surface area contributed by atoms with Crippen LogP contribution in [-0.4, -0.2) is 94.2 Å². The molecular formula is C33H43ClN8O3. The third-order valence-corrected chi connectivity index (χ3v) is 8.21. The van der Waals surface area contributed by atoms with Crippen LogP contribution in [0.2, 0.25) is 0 Å². The predicted molar refractivity (Wildman–Crippen MR) is 177 cm³/mol. The first kappa shape index (κ1) is 32.4. The van der Waals surface area contributed by atoms with Gasteiger partial charge in [-0.05, 0) is 75.9 Å². The summed E-state index contributed by atoms with van der Waals surface area (Å²) in [6, 6.07) is 14.1. The van der Waals surface area contributed by atoms with E-state index in [1.807, 2.05) is 69.4 Å². The van der Waals surface area contributed by atoms with Crippen LogP contribution in [0.15, 0.2) is 54.9 Å². The second-order valence-electron chi connectivity index (χ2n) is 12.5. The maximum Gasteiger partial charge on any atom is 0.410 e. The largest absolute Gasteiger partial charge is 0.444 e. The minimum Gasteiger partial charge on any atom is -0.444 e. The lowest BCUT2D eigenvalue weighted by atomic mass is 10.1. The molecule has 2 saturated heterocycles. The van der Waals surface area contributed by atoms with Crippen molar-refractivity contribution in [2.45, 2.75) is 57.6 Å². The maximum atomic E-state index is 12.7. The number of benzene rings is 1. The summed E-state index contributed by atoms with van der Waals surface area (Å²) in [7, 11) is 0. The number of carbonyl (C=O) groups is 2. The molecule has 1 atom stereocenters. The average Bonchev–Trinajstić information content (AvgIpc) is 3.49. The molecule has 2 N–H and O–H groups in total. The number of nitrogens with zero attached hydrogens (tertiary/aromatic N) is 6. The number of hydrogen-bond donors (Lipinski definition) is 2. The summed E-state index contributed by atoms with van der Waals surface area (Å²) in [6.45, 7) is 9.90. The second-order valence-corrected chi connectivity index (χ2v) is 12.8. The van der Waals surface area contributed by atoms with Crippen molar-refractivity contribution in [3.63, 3.8) is 0 Å². The van der Waals surface area contributed by atoms with Crippen LogP contribution in [0.3, 0.4) is 0 Å². The molecule has 240 valence electrons. The van der Waals surface area contributed by atoms with Gasteiger partial charge >= 0.3 is 6.09 Å². The summed E-state index contributed by atoms with van der Waals surface area (Å²) in [6.07, 6.45) is 6.31. The van der Waals surface area contributed by atoms with Crippen molar-refractivity contribution < 1.29 is 14.3 Å². The molecule has 2 fully saturated rings. The molecule has 2 amide bonds. The molecule has 0 radical (unpaired) electrons. The standard InChI is InChI=1S/C33H43ClN8O3/c1-33(2,3)45-32(44)41-18-16-40(17-19-41)23-30(43)35-13-11-27-8-5-15-42(27)29-10-9-25(22-37-29)28-12-14-36-31(39-28)38-26-7-4-6-24(20-26)21-34/h4,6-7,9-10,12,14,20,22,27H,5,8,11,13,15-19,21,23H2,1-3H3,(H,35,43)(H,36,38,39). The second kappa shape index (κ2) is 14.9. The highest BCUT2D eigenvalue weighted by Crippen LogP contribution is 2.28. The van der Waals surface area contributed by atoms with Crippen LogP contribution in [-0.2, 0) is 15.4 Å². The quantitative estimate of drug-likeness (QED) is 0.296. The lowest BCUT2D eigenvalue weighted by Crippen LogP contribution is -2.52. The molecule has 11 nitrogen and oxygen atoms in total. The molecule has 4 heterocycles. The molecule has 2 aliphatic heterocycles. The van der Waals surface area contributed by atoms with Crippen molar-refractivity contribution in [2.75, 3.05) is 56.0 Å². The maximum absolute atomic E-state index is 12.7. The summed E-state index contributed by atoms with van der Waals surface area (Å²) in [5.74, 6) is 1.89. The third-order valence-electron chi connectivity index (χ3n) is 7.90. The number of alkyl halides is 1. The van der Waals surface area contributed by atoms with E-state index in [1.165, 1.54) is 0 Å². The first-order valence-electron chi connectivity index (χ1n) is 15.6. The molecule has 5 rings (SSSR count). The van der Waals surface area contributed by atoms with Crippen molar-refractivity contribution in [3.8, 4) is 11.3 Å². The lowest BCUT2D eigenvalue weighted by Gasteiger charge is -2.35. The molecule has 45 heavy (non-hydrogen) atoms. The average molecular weight is 635 g/mol.